The molecular weight excluding hydrogens is 356 g/mol. The first-order valence-electron chi connectivity index (χ1n) is 8.75. The highest BCUT2D eigenvalue weighted by molar-refractivity contribution is 6.04. The summed E-state index contributed by atoms with van der Waals surface area (Å²) >= 11 is 0. The third kappa shape index (κ3) is 6.54. The summed E-state index contributed by atoms with van der Waals surface area (Å²) in [5.74, 6) is -2.84. The van der Waals surface area contributed by atoms with Gasteiger partial charge in [-0.1, -0.05) is 13.8 Å². The average molecular weight is 384 g/mol. The van der Waals surface area contributed by atoms with Gasteiger partial charge in [-0.2, -0.15) is 0 Å². The number of hydrogen-bond donors (Lipinski definition) is 3. The molecule has 0 bridgehead atoms. The first-order chi connectivity index (χ1) is 12.3. The lowest BCUT2D eigenvalue weighted by Crippen LogP contribution is -2.55. The number of likely N-dealkylation sites (tertiary alicyclic amines) is 1. The molecule has 1 fully saturated rings. The average Bonchev–Trinajstić information content (AvgIpc) is 2.89. The van der Waals surface area contributed by atoms with Crippen LogP contribution in [0.5, 0.6) is 0 Å². The standard InChI is InChI=1S/C17H28N4O6/c1-9(2)13(14(18)24)20-15(25)10-6-7-11(22)21(10)12(23)8-19-16(26)27-17(3,4)5/h9-10,13H,6-8H2,1-5H3,(H2,18,24)(H,19,26)(H,20,25)/t10-,13-/m0/s1. The van der Waals surface area contributed by atoms with Crippen LogP contribution in [0.3, 0.4) is 0 Å². The second-order valence-electron chi connectivity index (χ2n) is 7.70. The van der Waals surface area contributed by atoms with Gasteiger partial charge >= 0.3 is 6.09 Å². The van der Waals surface area contributed by atoms with Crippen LogP contribution in [0.1, 0.15) is 47.5 Å². The van der Waals surface area contributed by atoms with Gasteiger partial charge < -0.3 is 21.1 Å². The summed E-state index contributed by atoms with van der Waals surface area (Å²) in [6.07, 6.45) is -0.664. The van der Waals surface area contributed by atoms with Crippen LogP contribution >= 0.6 is 0 Å². The number of rotatable bonds is 6. The zero-order valence-electron chi connectivity index (χ0n) is 16.3. The van der Waals surface area contributed by atoms with E-state index in [-0.39, 0.29) is 18.8 Å². The SMILES string of the molecule is CC(C)[C@H](NC(=O)[C@@H]1CCC(=O)N1C(=O)CNC(=O)OC(C)(C)C)C(N)=O. The van der Waals surface area contributed by atoms with E-state index in [0.717, 1.165) is 4.90 Å². The molecule has 1 rings (SSSR count). The van der Waals surface area contributed by atoms with Crippen LogP contribution < -0.4 is 16.4 Å². The van der Waals surface area contributed by atoms with Gasteiger partial charge in [0.2, 0.25) is 23.6 Å². The molecule has 10 nitrogen and oxygen atoms in total. The lowest BCUT2D eigenvalue weighted by molar-refractivity contribution is -0.147. The number of primary amides is 1. The predicted molar refractivity (Wildman–Crippen MR) is 95.1 cm³/mol. The van der Waals surface area contributed by atoms with Crippen molar-refractivity contribution in [1.29, 1.82) is 0 Å². The van der Waals surface area contributed by atoms with E-state index < -0.39 is 54.0 Å². The van der Waals surface area contributed by atoms with Gasteiger partial charge in [0.1, 0.15) is 24.2 Å². The third-order valence-corrected chi connectivity index (χ3v) is 3.84. The molecule has 0 unspecified atom stereocenters. The minimum Gasteiger partial charge on any atom is -0.444 e. The quantitative estimate of drug-likeness (QED) is 0.570. The van der Waals surface area contributed by atoms with E-state index in [1.807, 2.05) is 0 Å². The Kier molecular flexibility index (Phi) is 7.32. The Labute approximate surface area is 158 Å². The topological polar surface area (TPSA) is 148 Å². The van der Waals surface area contributed by atoms with Crippen molar-refractivity contribution >= 4 is 29.7 Å². The molecule has 5 amide bonds. The van der Waals surface area contributed by atoms with Crippen molar-refractivity contribution < 1.29 is 28.7 Å². The second-order valence-corrected chi connectivity index (χ2v) is 7.70. The van der Waals surface area contributed by atoms with Gasteiger partial charge in [-0.15, -0.1) is 0 Å². The van der Waals surface area contributed by atoms with Gasteiger partial charge in [0.05, 0.1) is 0 Å². The highest BCUT2D eigenvalue weighted by Crippen LogP contribution is 2.19. The highest BCUT2D eigenvalue weighted by Gasteiger charge is 2.41. The molecule has 0 aromatic rings. The van der Waals surface area contributed by atoms with E-state index >= 15 is 0 Å². The van der Waals surface area contributed by atoms with E-state index in [4.69, 9.17) is 10.5 Å². The summed E-state index contributed by atoms with van der Waals surface area (Å²) in [7, 11) is 0. The van der Waals surface area contributed by atoms with Gasteiger partial charge in [0, 0.05) is 6.42 Å². The van der Waals surface area contributed by atoms with Crippen molar-refractivity contribution in [1.82, 2.24) is 15.5 Å². The van der Waals surface area contributed by atoms with Crippen LogP contribution in [0.4, 0.5) is 4.79 Å². The largest absolute Gasteiger partial charge is 0.444 e. The van der Waals surface area contributed by atoms with Crippen LogP contribution in [-0.4, -0.2) is 58.9 Å². The lowest BCUT2D eigenvalue weighted by atomic mass is 10.0. The van der Waals surface area contributed by atoms with E-state index in [9.17, 15) is 24.0 Å². The zero-order valence-corrected chi connectivity index (χ0v) is 16.3. The van der Waals surface area contributed by atoms with Crippen LogP contribution in [0, 0.1) is 5.92 Å². The number of alkyl carbamates (subject to hydrolysis) is 1. The molecule has 1 aliphatic heterocycles. The van der Waals surface area contributed by atoms with Crippen LogP contribution in [-0.2, 0) is 23.9 Å². The number of amides is 5. The number of nitrogens with one attached hydrogen (secondary N) is 2. The Morgan fingerprint density at radius 2 is 1.85 bits per heavy atom. The molecule has 0 aliphatic carbocycles. The van der Waals surface area contributed by atoms with Gasteiger partial charge in [-0.3, -0.25) is 24.1 Å². The first-order valence-corrected chi connectivity index (χ1v) is 8.75. The van der Waals surface area contributed by atoms with E-state index in [0.29, 0.717) is 0 Å². The van der Waals surface area contributed by atoms with Gasteiger partial charge in [0.25, 0.3) is 0 Å². The van der Waals surface area contributed by atoms with E-state index in [1.54, 1.807) is 34.6 Å². The van der Waals surface area contributed by atoms with Gasteiger partial charge in [-0.05, 0) is 33.1 Å². The molecular formula is C17H28N4O6. The third-order valence-electron chi connectivity index (χ3n) is 3.84. The number of carbonyl (C=O) groups excluding carboxylic acids is 5. The fourth-order valence-corrected chi connectivity index (χ4v) is 2.61. The minimum atomic E-state index is -1.05. The number of imide groups is 1. The number of carbonyl (C=O) groups is 5. The van der Waals surface area contributed by atoms with Crippen LogP contribution in [0.15, 0.2) is 0 Å². The molecule has 152 valence electrons. The molecule has 0 spiro atoms. The fourth-order valence-electron chi connectivity index (χ4n) is 2.61. The summed E-state index contributed by atoms with van der Waals surface area (Å²) in [5.41, 5.74) is 4.54. The fraction of sp³-hybridized carbons (Fsp3) is 0.706. The molecule has 0 aromatic heterocycles. The van der Waals surface area contributed by atoms with Crippen molar-refractivity contribution in [3.05, 3.63) is 0 Å². The minimum absolute atomic E-state index is 0.0131. The molecule has 0 radical (unpaired) electrons. The Morgan fingerprint density at radius 3 is 2.33 bits per heavy atom. The van der Waals surface area contributed by atoms with E-state index in [1.165, 1.54) is 0 Å². The number of nitrogens with two attached hydrogens (primary N) is 1. The van der Waals surface area contributed by atoms with Crippen molar-refractivity contribution in [2.75, 3.05) is 6.54 Å². The maximum Gasteiger partial charge on any atom is 0.408 e. The Hall–Kier alpha value is -2.65. The number of nitrogens with zero attached hydrogens (tertiary/aromatic N) is 1. The monoisotopic (exact) mass is 384 g/mol. The summed E-state index contributed by atoms with van der Waals surface area (Å²) < 4.78 is 5.02. The zero-order chi connectivity index (χ0) is 20.9. The first kappa shape index (κ1) is 22.4. The molecule has 1 aliphatic rings. The summed E-state index contributed by atoms with van der Waals surface area (Å²) in [6.45, 7) is 7.94. The summed E-state index contributed by atoms with van der Waals surface area (Å²) in [5, 5.41) is 4.75. The molecule has 4 N–H and O–H groups in total. The van der Waals surface area contributed by atoms with Crippen molar-refractivity contribution in [3.63, 3.8) is 0 Å². The molecule has 1 saturated heterocycles. The Balaban J connectivity index is 2.75. The van der Waals surface area contributed by atoms with Crippen molar-refractivity contribution in [2.45, 2.75) is 65.1 Å². The maximum absolute atomic E-state index is 12.5. The van der Waals surface area contributed by atoms with Gasteiger partial charge in [0.15, 0.2) is 0 Å². The Bertz CT molecular complexity index is 625. The summed E-state index contributed by atoms with van der Waals surface area (Å²) in [4.78, 5) is 60.8. The molecule has 2 atom stereocenters. The lowest BCUT2D eigenvalue weighted by Gasteiger charge is -2.26. The second kappa shape index (κ2) is 8.83. The van der Waals surface area contributed by atoms with Crippen molar-refractivity contribution in [2.24, 2.45) is 11.7 Å². The molecule has 1 heterocycles. The number of ether oxygens (including phenoxy) is 1. The highest BCUT2D eigenvalue weighted by atomic mass is 16.6. The normalized spacial score (nSPS) is 18.2. The van der Waals surface area contributed by atoms with Crippen molar-refractivity contribution in [3.8, 4) is 0 Å². The summed E-state index contributed by atoms with van der Waals surface area (Å²) in [6, 6.07) is -1.96. The van der Waals surface area contributed by atoms with Crippen LogP contribution in [0.2, 0.25) is 0 Å². The van der Waals surface area contributed by atoms with Gasteiger partial charge in [-0.25, -0.2) is 4.79 Å². The molecule has 0 aromatic carbocycles. The predicted octanol–water partition coefficient (Wildman–Crippen LogP) is -0.345. The van der Waals surface area contributed by atoms with E-state index in [2.05, 4.69) is 10.6 Å². The number of hydrogen-bond acceptors (Lipinski definition) is 6. The molecule has 0 saturated carbocycles. The van der Waals surface area contributed by atoms with Crippen LogP contribution in [0.25, 0.3) is 0 Å². The maximum atomic E-state index is 12.5. The Morgan fingerprint density at radius 1 is 1.26 bits per heavy atom. The smallest absolute Gasteiger partial charge is 0.408 e. The molecule has 10 heteroatoms. The molecule has 27 heavy (non-hydrogen) atoms.